The predicted octanol–water partition coefficient (Wildman–Crippen LogP) is 5.10. The third-order valence-corrected chi connectivity index (χ3v) is 4.32. The highest BCUT2D eigenvalue weighted by Crippen LogP contribution is 2.30. The summed E-state index contributed by atoms with van der Waals surface area (Å²) in [5.41, 5.74) is 4.38. The molecule has 1 aliphatic heterocycles. The predicted molar refractivity (Wildman–Crippen MR) is 101 cm³/mol. The first-order valence-electron chi connectivity index (χ1n) is 9.27. The maximum absolute atomic E-state index is 12.4. The van der Waals surface area contributed by atoms with Crippen molar-refractivity contribution in [3.05, 3.63) is 59.2 Å². The molecule has 0 atom stereocenters. The van der Waals surface area contributed by atoms with Gasteiger partial charge in [0.05, 0.1) is 0 Å². The third kappa shape index (κ3) is 6.17. The molecule has 0 saturated carbocycles. The maximum Gasteiger partial charge on any atom is 0.573 e. The summed E-state index contributed by atoms with van der Waals surface area (Å²) in [7, 11) is 0. The largest absolute Gasteiger partial charge is 0.573 e. The number of aliphatic hydroxyl groups is 1. The van der Waals surface area contributed by atoms with Crippen molar-refractivity contribution in [1.82, 2.24) is 0 Å². The monoisotopic (exact) mass is 381 g/mol. The summed E-state index contributed by atoms with van der Waals surface area (Å²) in [5, 5.41) is 8.93. The summed E-state index contributed by atoms with van der Waals surface area (Å²) in [6.45, 7) is 5.58. The minimum atomic E-state index is -4.68. The number of nitrogens with zero attached hydrogens (tertiary/aromatic N) is 1. The number of benzene rings is 2. The van der Waals surface area contributed by atoms with Crippen molar-refractivity contribution in [3.63, 3.8) is 0 Å². The smallest absolute Gasteiger partial charge is 0.406 e. The molecule has 6 heteroatoms. The summed E-state index contributed by atoms with van der Waals surface area (Å²) < 4.78 is 41.2. The van der Waals surface area contributed by atoms with E-state index in [4.69, 9.17) is 5.11 Å². The second-order valence-electron chi connectivity index (χ2n) is 6.15. The molecule has 0 aromatic heterocycles. The third-order valence-electron chi connectivity index (χ3n) is 4.32. The van der Waals surface area contributed by atoms with Gasteiger partial charge in [-0.3, -0.25) is 0 Å². The Balaban J connectivity index is 0.00000126. The van der Waals surface area contributed by atoms with E-state index in [1.807, 2.05) is 13.8 Å². The number of rotatable bonds is 5. The van der Waals surface area contributed by atoms with E-state index in [1.165, 1.54) is 28.8 Å². The zero-order valence-corrected chi connectivity index (χ0v) is 15.7. The molecule has 27 heavy (non-hydrogen) atoms. The first-order chi connectivity index (χ1) is 12.9. The molecule has 1 heterocycles. The van der Waals surface area contributed by atoms with Crippen LogP contribution in [-0.4, -0.2) is 24.6 Å². The molecule has 2 aromatic rings. The lowest BCUT2D eigenvalue weighted by atomic mass is 9.95. The minimum Gasteiger partial charge on any atom is -0.406 e. The molecule has 0 unspecified atom stereocenters. The molecule has 3 rings (SSSR count). The van der Waals surface area contributed by atoms with Gasteiger partial charge in [-0.25, -0.2) is 0 Å². The van der Waals surface area contributed by atoms with Gasteiger partial charge in [0.1, 0.15) is 5.75 Å². The molecular weight excluding hydrogens is 355 g/mol. The van der Waals surface area contributed by atoms with E-state index in [0.29, 0.717) is 6.54 Å². The van der Waals surface area contributed by atoms with Gasteiger partial charge in [0.15, 0.2) is 0 Å². The number of fused-ring (bicyclic) bond motifs is 1. The van der Waals surface area contributed by atoms with Crippen molar-refractivity contribution in [3.8, 4) is 5.75 Å². The Hall–Kier alpha value is -2.21. The fourth-order valence-electron chi connectivity index (χ4n) is 3.14. The fourth-order valence-corrected chi connectivity index (χ4v) is 3.14. The van der Waals surface area contributed by atoms with E-state index in [1.54, 1.807) is 12.1 Å². The summed E-state index contributed by atoms with van der Waals surface area (Å²) in [4.78, 5) is 2.05. The highest BCUT2D eigenvalue weighted by Gasteiger charge is 2.31. The van der Waals surface area contributed by atoms with Gasteiger partial charge < -0.3 is 14.7 Å². The highest BCUT2D eigenvalue weighted by molar-refractivity contribution is 5.53. The fraction of sp³-hybridized carbons (Fsp3) is 0.429. The van der Waals surface area contributed by atoms with E-state index in [9.17, 15) is 13.2 Å². The molecule has 1 aliphatic rings. The van der Waals surface area contributed by atoms with Crippen LogP contribution in [0.1, 0.15) is 37.0 Å². The average Bonchev–Trinajstić information content (AvgIpc) is 2.66. The second-order valence-corrected chi connectivity index (χ2v) is 6.15. The molecule has 0 spiro atoms. The van der Waals surface area contributed by atoms with Crippen LogP contribution in [0.5, 0.6) is 5.75 Å². The van der Waals surface area contributed by atoms with Gasteiger partial charge in [0, 0.05) is 31.5 Å². The van der Waals surface area contributed by atoms with Crippen LogP contribution in [0.15, 0.2) is 42.5 Å². The molecule has 0 bridgehead atoms. The van der Waals surface area contributed by atoms with E-state index in [-0.39, 0.29) is 12.4 Å². The SMILES string of the molecule is CC.OCCCc1ccc2c(c1)CCN(c1cccc(OC(F)(F)F)c1)C2. The lowest BCUT2D eigenvalue weighted by Crippen LogP contribution is -2.30. The number of halogens is 3. The van der Waals surface area contributed by atoms with E-state index >= 15 is 0 Å². The van der Waals surface area contributed by atoms with Crippen LogP contribution >= 0.6 is 0 Å². The summed E-state index contributed by atoms with van der Waals surface area (Å²) in [6, 6.07) is 12.4. The first-order valence-corrected chi connectivity index (χ1v) is 9.27. The van der Waals surface area contributed by atoms with Crippen molar-refractivity contribution in [2.45, 2.75) is 46.0 Å². The van der Waals surface area contributed by atoms with Gasteiger partial charge in [-0.2, -0.15) is 0 Å². The Labute approximate surface area is 158 Å². The number of aryl methyl sites for hydroxylation is 1. The maximum atomic E-state index is 12.4. The number of hydrogen-bond donors (Lipinski definition) is 1. The average molecular weight is 381 g/mol. The van der Waals surface area contributed by atoms with Gasteiger partial charge in [-0.1, -0.05) is 38.1 Å². The Morgan fingerprint density at radius 3 is 2.56 bits per heavy atom. The molecule has 0 aliphatic carbocycles. The molecule has 0 radical (unpaired) electrons. The zero-order chi connectivity index (χ0) is 19.9. The van der Waals surface area contributed by atoms with E-state index < -0.39 is 6.36 Å². The second kappa shape index (κ2) is 9.65. The Kier molecular flexibility index (Phi) is 7.54. The highest BCUT2D eigenvalue weighted by atomic mass is 19.4. The molecule has 3 nitrogen and oxygen atoms in total. The Morgan fingerprint density at radius 2 is 1.85 bits per heavy atom. The molecule has 148 valence electrons. The molecule has 0 amide bonds. The van der Waals surface area contributed by atoms with Crippen LogP contribution in [0.2, 0.25) is 0 Å². The van der Waals surface area contributed by atoms with E-state index in [0.717, 1.165) is 31.5 Å². The molecule has 2 aromatic carbocycles. The lowest BCUT2D eigenvalue weighted by Gasteiger charge is -2.31. The van der Waals surface area contributed by atoms with Crippen LogP contribution in [-0.2, 0) is 19.4 Å². The van der Waals surface area contributed by atoms with Crippen molar-refractivity contribution in [1.29, 1.82) is 0 Å². The standard InChI is InChI=1S/C19H20F3NO2.C2H6/c20-19(21,22)25-18-5-1-4-17(12-18)23-9-8-15-11-14(3-2-10-24)6-7-16(15)13-23;1-2/h1,4-7,11-12,24H,2-3,8-10,13H2;1-2H3. The molecule has 0 saturated heterocycles. The van der Waals surface area contributed by atoms with Crippen LogP contribution < -0.4 is 9.64 Å². The van der Waals surface area contributed by atoms with Gasteiger partial charge in [-0.05, 0) is 48.1 Å². The zero-order valence-electron chi connectivity index (χ0n) is 15.7. The summed E-state index contributed by atoms with van der Waals surface area (Å²) in [5.74, 6) is -0.199. The number of anilines is 1. The molecule has 1 N–H and O–H groups in total. The molecule has 0 fully saturated rings. The number of alkyl halides is 3. The Morgan fingerprint density at radius 1 is 1.07 bits per heavy atom. The first kappa shape index (κ1) is 21.1. The normalized spacial score (nSPS) is 13.5. The number of ether oxygens (including phenoxy) is 1. The minimum absolute atomic E-state index is 0.182. The summed E-state index contributed by atoms with van der Waals surface area (Å²) >= 11 is 0. The topological polar surface area (TPSA) is 32.7 Å². The van der Waals surface area contributed by atoms with Crippen LogP contribution in [0.4, 0.5) is 18.9 Å². The Bertz CT molecular complexity index is 732. The van der Waals surface area contributed by atoms with Crippen LogP contribution in [0.3, 0.4) is 0 Å². The van der Waals surface area contributed by atoms with Crippen molar-refractivity contribution < 1.29 is 23.0 Å². The van der Waals surface area contributed by atoms with Crippen molar-refractivity contribution >= 4 is 5.69 Å². The van der Waals surface area contributed by atoms with Gasteiger partial charge in [-0.15, -0.1) is 13.2 Å². The van der Waals surface area contributed by atoms with Gasteiger partial charge >= 0.3 is 6.36 Å². The summed E-state index contributed by atoms with van der Waals surface area (Å²) in [6.07, 6.45) is -2.24. The number of aliphatic hydroxyl groups excluding tert-OH is 1. The van der Waals surface area contributed by atoms with Crippen molar-refractivity contribution in [2.75, 3.05) is 18.1 Å². The van der Waals surface area contributed by atoms with E-state index in [2.05, 4.69) is 27.8 Å². The number of hydrogen-bond acceptors (Lipinski definition) is 3. The quantitative estimate of drug-likeness (QED) is 0.782. The van der Waals surface area contributed by atoms with Gasteiger partial charge in [0.25, 0.3) is 0 Å². The van der Waals surface area contributed by atoms with Crippen LogP contribution in [0.25, 0.3) is 0 Å². The van der Waals surface area contributed by atoms with Gasteiger partial charge in [0.2, 0.25) is 0 Å². The lowest BCUT2D eigenvalue weighted by molar-refractivity contribution is -0.274. The molecular formula is C21H26F3NO2. The van der Waals surface area contributed by atoms with Crippen LogP contribution in [0, 0.1) is 0 Å². The van der Waals surface area contributed by atoms with Crippen molar-refractivity contribution in [2.24, 2.45) is 0 Å².